The first kappa shape index (κ1) is 26.4. The maximum Gasteiger partial charge on any atom is 0.320 e. The molecule has 4 N–H and O–H groups in total. The zero-order chi connectivity index (χ0) is 28.1. The summed E-state index contributed by atoms with van der Waals surface area (Å²) >= 11 is 0. The number of benzene rings is 1. The Kier molecular flexibility index (Phi) is 7.73. The number of pyridine rings is 2. The number of ether oxygens (including phenoxy) is 1. The maximum atomic E-state index is 12.0. The van der Waals surface area contributed by atoms with Crippen molar-refractivity contribution in [1.29, 1.82) is 0 Å². The Morgan fingerprint density at radius 3 is 2.17 bits per heavy atom. The highest BCUT2D eigenvalue weighted by molar-refractivity contribution is 5.89. The van der Waals surface area contributed by atoms with E-state index in [1.54, 1.807) is 41.6 Å². The van der Waals surface area contributed by atoms with E-state index in [-0.39, 0.29) is 6.03 Å². The number of carbonyl (C=O) groups excluding carboxylic acids is 1. The van der Waals surface area contributed by atoms with Crippen LogP contribution in [-0.4, -0.2) is 74.6 Å². The van der Waals surface area contributed by atoms with Crippen LogP contribution in [0.5, 0.6) is 5.75 Å². The Balaban J connectivity index is 1.55. The number of rotatable bonds is 9. The van der Waals surface area contributed by atoms with E-state index < -0.39 is 0 Å². The van der Waals surface area contributed by atoms with E-state index in [0.29, 0.717) is 58.8 Å². The summed E-state index contributed by atoms with van der Waals surface area (Å²) in [5, 5.41) is 5.38. The van der Waals surface area contributed by atoms with Gasteiger partial charge in [-0.1, -0.05) is 0 Å². The molecule has 0 atom stereocenters. The predicted molar refractivity (Wildman–Crippen MR) is 154 cm³/mol. The third-order valence-corrected chi connectivity index (χ3v) is 5.75. The zero-order valence-corrected chi connectivity index (χ0v) is 22.4. The molecule has 5 aromatic rings. The topological polar surface area (TPSA) is 160 Å². The van der Waals surface area contributed by atoms with Crippen molar-refractivity contribution < 1.29 is 9.53 Å². The van der Waals surface area contributed by atoms with Crippen LogP contribution < -0.4 is 26.0 Å². The number of hydrogen-bond donors (Lipinski definition) is 3. The zero-order valence-electron chi connectivity index (χ0n) is 22.4. The highest BCUT2D eigenvalue weighted by Gasteiger charge is 2.19. The smallest absolute Gasteiger partial charge is 0.320 e. The normalized spacial score (nSPS) is 11.1. The monoisotopic (exact) mass is 539 g/mol. The van der Waals surface area contributed by atoms with Crippen molar-refractivity contribution in [3.8, 4) is 5.75 Å². The number of nitrogens with zero attached hydrogens (tertiary/aromatic N) is 8. The summed E-state index contributed by atoms with van der Waals surface area (Å²) in [7, 11) is 3.99. The van der Waals surface area contributed by atoms with E-state index in [2.05, 4.69) is 35.5 Å². The Labute approximate surface area is 230 Å². The van der Waals surface area contributed by atoms with Gasteiger partial charge in [0, 0.05) is 18.8 Å². The van der Waals surface area contributed by atoms with Crippen molar-refractivity contribution in [2.75, 3.05) is 49.7 Å². The molecule has 0 aliphatic rings. The highest BCUT2D eigenvalue weighted by atomic mass is 16.5. The van der Waals surface area contributed by atoms with Crippen LogP contribution in [0.15, 0.2) is 60.9 Å². The lowest BCUT2D eigenvalue weighted by Crippen LogP contribution is -2.28. The van der Waals surface area contributed by atoms with Crippen molar-refractivity contribution in [2.45, 2.75) is 6.92 Å². The molecule has 0 spiro atoms. The molecule has 0 radical (unpaired) electrons. The van der Waals surface area contributed by atoms with Gasteiger partial charge in [-0.15, -0.1) is 0 Å². The molecule has 204 valence electrons. The molecule has 0 bridgehead atoms. The molecule has 4 aromatic heterocycles. The predicted octanol–water partition coefficient (Wildman–Crippen LogP) is 3.50. The standard InChI is InChI=1S/C27H29N11O2/c1-4-29-27(39)34-22-12-10-20-26(33-22)36-24(16-31-20)38(17-5-7-18(8-6-17)40-14-13-37(2)3)23-15-30-19-9-11-21(28)32-25(19)35-23/h5-12,15-16H,4,13-14H2,1-3H3,(H2,28,32,35)(H2,29,33,34,36,39). The first-order valence-corrected chi connectivity index (χ1v) is 12.7. The molecular weight excluding hydrogens is 510 g/mol. The van der Waals surface area contributed by atoms with E-state index in [1.165, 1.54) is 0 Å². The summed E-state index contributed by atoms with van der Waals surface area (Å²) in [6.07, 6.45) is 3.26. The number of nitrogens with two attached hydrogens (primary N) is 1. The molecule has 1 aromatic carbocycles. The Bertz CT molecular complexity index is 1640. The molecule has 0 saturated carbocycles. The van der Waals surface area contributed by atoms with Gasteiger partial charge in [-0.3, -0.25) is 10.2 Å². The van der Waals surface area contributed by atoms with E-state index >= 15 is 0 Å². The van der Waals surface area contributed by atoms with Gasteiger partial charge in [0.15, 0.2) is 22.9 Å². The minimum Gasteiger partial charge on any atom is -0.492 e. The summed E-state index contributed by atoms with van der Waals surface area (Å²) in [5.74, 6) is 2.32. The highest BCUT2D eigenvalue weighted by Crippen LogP contribution is 2.33. The molecule has 13 nitrogen and oxygen atoms in total. The number of urea groups is 1. The molecule has 0 aliphatic carbocycles. The van der Waals surface area contributed by atoms with Gasteiger partial charge in [-0.2, -0.15) is 0 Å². The summed E-state index contributed by atoms with van der Waals surface area (Å²) in [6, 6.07) is 14.1. The number of fused-ring (bicyclic) bond motifs is 2. The van der Waals surface area contributed by atoms with Crippen LogP contribution in [0.1, 0.15) is 6.92 Å². The van der Waals surface area contributed by atoms with Gasteiger partial charge in [0.05, 0.1) is 12.4 Å². The second-order valence-electron chi connectivity index (χ2n) is 9.04. The minimum atomic E-state index is -0.355. The van der Waals surface area contributed by atoms with Crippen molar-refractivity contribution in [2.24, 2.45) is 0 Å². The Hall–Kier alpha value is -5.17. The molecule has 0 fully saturated rings. The maximum absolute atomic E-state index is 12.0. The van der Waals surface area contributed by atoms with Crippen molar-refractivity contribution >= 4 is 57.3 Å². The third-order valence-electron chi connectivity index (χ3n) is 5.75. The van der Waals surface area contributed by atoms with Crippen LogP contribution in [0, 0.1) is 0 Å². The average Bonchev–Trinajstić information content (AvgIpc) is 2.93. The Morgan fingerprint density at radius 2 is 1.52 bits per heavy atom. The molecule has 13 heteroatoms. The van der Waals surface area contributed by atoms with Gasteiger partial charge in [0.1, 0.15) is 35.0 Å². The third kappa shape index (κ3) is 6.10. The van der Waals surface area contributed by atoms with Gasteiger partial charge < -0.3 is 20.7 Å². The average molecular weight is 540 g/mol. The van der Waals surface area contributed by atoms with E-state index in [0.717, 1.165) is 18.0 Å². The van der Waals surface area contributed by atoms with Crippen LogP contribution in [0.3, 0.4) is 0 Å². The summed E-state index contributed by atoms with van der Waals surface area (Å²) in [5.41, 5.74) is 8.55. The number of likely N-dealkylation sites (N-methyl/N-ethyl adjacent to an activating group) is 1. The minimum absolute atomic E-state index is 0.339. The van der Waals surface area contributed by atoms with E-state index in [9.17, 15) is 4.79 Å². The first-order chi connectivity index (χ1) is 19.4. The van der Waals surface area contributed by atoms with E-state index in [4.69, 9.17) is 20.4 Å². The fourth-order valence-corrected chi connectivity index (χ4v) is 3.82. The quantitative estimate of drug-likeness (QED) is 0.251. The molecule has 0 unspecified atom stereocenters. The summed E-state index contributed by atoms with van der Waals surface area (Å²) in [4.78, 5) is 43.2. The lowest BCUT2D eigenvalue weighted by atomic mass is 10.2. The van der Waals surface area contributed by atoms with Crippen molar-refractivity contribution in [3.63, 3.8) is 0 Å². The molecule has 5 rings (SSSR count). The molecule has 40 heavy (non-hydrogen) atoms. The summed E-state index contributed by atoms with van der Waals surface area (Å²) in [6.45, 7) is 3.69. The van der Waals surface area contributed by atoms with Gasteiger partial charge >= 0.3 is 6.03 Å². The van der Waals surface area contributed by atoms with E-state index in [1.807, 2.05) is 45.3 Å². The van der Waals surface area contributed by atoms with Crippen LogP contribution in [-0.2, 0) is 0 Å². The second-order valence-corrected chi connectivity index (χ2v) is 9.04. The van der Waals surface area contributed by atoms with Crippen LogP contribution in [0.25, 0.3) is 22.3 Å². The summed E-state index contributed by atoms with van der Waals surface area (Å²) < 4.78 is 5.86. The molecule has 4 heterocycles. The number of carbonyl (C=O) groups is 1. The lowest BCUT2D eigenvalue weighted by molar-refractivity contribution is 0.252. The lowest BCUT2D eigenvalue weighted by Gasteiger charge is -2.23. The fourth-order valence-electron chi connectivity index (χ4n) is 3.82. The van der Waals surface area contributed by atoms with Gasteiger partial charge in [-0.05, 0) is 69.6 Å². The molecule has 2 amide bonds. The number of aromatic nitrogens is 6. The van der Waals surface area contributed by atoms with Crippen LogP contribution in [0.2, 0.25) is 0 Å². The molecular formula is C27H29N11O2. The largest absolute Gasteiger partial charge is 0.492 e. The van der Waals surface area contributed by atoms with Gasteiger partial charge in [-0.25, -0.2) is 34.7 Å². The van der Waals surface area contributed by atoms with Crippen molar-refractivity contribution in [3.05, 3.63) is 60.9 Å². The van der Waals surface area contributed by atoms with Gasteiger partial charge in [0.25, 0.3) is 0 Å². The number of nitrogen functional groups attached to an aromatic ring is 1. The number of nitrogens with one attached hydrogen (secondary N) is 2. The van der Waals surface area contributed by atoms with Crippen molar-refractivity contribution in [1.82, 2.24) is 40.1 Å². The SMILES string of the molecule is CCNC(=O)Nc1ccc2ncc(N(c3ccc(OCCN(C)C)cc3)c3cnc4ccc(N)nc4n3)nc2n1. The molecule has 0 aliphatic heterocycles. The molecule has 0 saturated heterocycles. The fraction of sp³-hybridized carbons (Fsp3) is 0.222. The number of amides is 2. The number of anilines is 5. The first-order valence-electron chi connectivity index (χ1n) is 12.7. The number of hydrogen-bond acceptors (Lipinski definition) is 11. The second kappa shape index (κ2) is 11.7. The van der Waals surface area contributed by atoms with Crippen LogP contribution in [0.4, 0.5) is 33.8 Å². The van der Waals surface area contributed by atoms with Gasteiger partial charge in [0.2, 0.25) is 0 Å². The van der Waals surface area contributed by atoms with Crippen LogP contribution >= 0.6 is 0 Å². The Morgan fingerprint density at radius 1 is 0.875 bits per heavy atom.